The highest BCUT2D eigenvalue weighted by molar-refractivity contribution is 5.67. The Balaban J connectivity index is 2.84. The summed E-state index contributed by atoms with van der Waals surface area (Å²) in [6.07, 6.45) is -4.79. The zero-order valence-corrected chi connectivity index (χ0v) is 10.0. The van der Waals surface area contributed by atoms with E-state index < -0.39 is 11.9 Å². The highest BCUT2D eigenvalue weighted by atomic mass is 19.4. The first-order valence-corrected chi connectivity index (χ1v) is 5.46. The van der Waals surface area contributed by atoms with Gasteiger partial charge < -0.3 is 5.73 Å². The maximum absolute atomic E-state index is 13.0. The van der Waals surface area contributed by atoms with Gasteiger partial charge in [-0.2, -0.15) is 0 Å². The molecule has 0 radical (unpaired) electrons. The van der Waals surface area contributed by atoms with Crippen LogP contribution in [0.3, 0.4) is 0 Å². The summed E-state index contributed by atoms with van der Waals surface area (Å²) in [5.74, 6) is 0. The molecule has 1 aromatic carbocycles. The molecule has 2 aromatic rings. The fourth-order valence-corrected chi connectivity index (χ4v) is 1.91. The van der Waals surface area contributed by atoms with Crippen LogP contribution in [-0.4, -0.2) is 4.57 Å². The van der Waals surface area contributed by atoms with Gasteiger partial charge in [0, 0.05) is 17.3 Å². The molecule has 19 heavy (non-hydrogen) atoms. The standard InChI is InChI=1S/C13H11F3N2O/c1-8-4-2-3-5-10(8)11-6-9(17)7-12(19)18(11)13(14,15)16/h2-7H,17H2,1H3. The molecule has 1 heterocycles. The molecule has 6 heteroatoms. The predicted octanol–water partition coefficient (Wildman–Crippen LogP) is 2.88. The second-order valence-corrected chi connectivity index (χ2v) is 4.13. The number of nitrogens with zero attached hydrogens (tertiary/aromatic N) is 1. The number of anilines is 1. The van der Waals surface area contributed by atoms with Crippen LogP contribution in [0.2, 0.25) is 0 Å². The van der Waals surface area contributed by atoms with Crippen molar-refractivity contribution in [2.75, 3.05) is 5.73 Å². The fourth-order valence-electron chi connectivity index (χ4n) is 1.91. The van der Waals surface area contributed by atoms with Crippen molar-refractivity contribution in [3.05, 3.63) is 52.3 Å². The van der Waals surface area contributed by atoms with Crippen molar-refractivity contribution < 1.29 is 13.2 Å². The molecule has 0 aliphatic rings. The average Bonchev–Trinajstić information content (AvgIpc) is 2.26. The summed E-state index contributed by atoms with van der Waals surface area (Å²) in [5, 5.41) is 0. The van der Waals surface area contributed by atoms with Gasteiger partial charge in [-0.3, -0.25) is 4.79 Å². The van der Waals surface area contributed by atoms with Crippen LogP contribution in [0.1, 0.15) is 5.56 Å². The topological polar surface area (TPSA) is 48.0 Å². The number of rotatable bonds is 1. The minimum Gasteiger partial charge on any atom is -0.399 e. The lowest BCUT2D eigenvalue weighted by atomic mass is 10.0. The summed E-state index contributed by atoms with van der Waals surface area (Å²) in [6, 6.07) is 8.42. The van der Waals surface area contributed by atoms with E-state index in [2.05, 4.69) is 0 Å². The Kier molecular flexibility index (Phi) is 3.09. The monoisotopic (exact) mass is 268 g/mol. The molecule has 0 bridgehead atoms. The van der Waals surface area contributed by atoms with Crippen LogP contribution in [-0.2, 0) is 6.30 Å². The number of pyridine rings is 1. The van der Waals surface area contributed by atoms with Crippen LogP contribution >= 0.6 is 0 Å². The molecule has 0 saturated carbocycles. The molecule has 0 aliphatic carbocycles. The number of nitrogen functional groups attached to an aromatic ring is 1. The van der Waals surface area contributed by atoms with Crippen LogP contribution in [0.15, 0.2) is 41.2 Å². The molecule has 0 spiro atoms. The molecule has 2 rings (SSSR count). The fraction of sp³-hybridized carbons (Fsp3) is 0.154. The van der Waals surface area contributed by atoms with Crippen molar-refractivity contribution in [2.24, 2.45) is 0 Å². The number of hydrogen-bond acceptors (Lipinski definition) is 2. The number of aromatic nitrogens is 1. The first-order chi connectivity index (χ1) is 8.80. The summed E-state index contributed by atoms with van der Waals surface area (Å²) >= 11 is 0. The Morgan fingerprint density at radius 1 is 1.16 bits per heavy atom. The van der Waals surface area contributed by atoms with E-state index in [1.54, 1.807) is 25.1 Å². The van der Waals surface area contributed by atoms with E-state index in [0.717, 1.165) is 12.1 Å². The summed E-state index contributed by atoms with van der Waals surface area (Å²) in [7, 11) is 0. The molecule has 0 unspecified atom stereocenters. The zero-order valence-electron chi connectivity index (χ0n) is 10.0. The van der Waals surface area contributed by atoms with Crippen LogP contribution in [0, 0.1) is 6.92 Å². The van der Waals surface area contributed by atoms with Crippen molar-refractivity contribution in [2.45, 2.75) is 13.2 Å². The van der Waals surface area contributed by atoms with Gasteiger partial charge in [0.15, 0.2) is 0 Å². The highest BCUT2D eigenvalue weighted by Gasteiger charge is 2.34. The number of hydrogen-bond donors (Lipinski definition) is 1. The molecule has 0 atom stereocenters. The number of alkyl halides is 3. The van der Waals surface area contributed by atoms with E-state index in [0.29, 0.717) is 11.1 Å². The van der Waals surface area contributed by atoms with Crippen molar-refractivity contribution >= 4 is 5.69 Å². The van der Waals surface area contributed by atoms with Crippen molar-refractivity contribution in [3.63, 3.8) is 0 Å². The number of aryl methyl sites for hydroxylation is 1. The van der Waals surface area contributed by atoms with Gasteiger partial charge in [0.05, 0.1) is 5.69 Å². The van der Waals surface area contributed by atoms with Gasteiger partial charge in [0.25, 0.3) is 5.56 Å². The molecular formula is C13H11F3N2O. The number of halogens is 3. The van der Waals surface area contributed by atoms with E-state index in [9.17, 15) is 18.0 Å². The smallest absolute Gasteiger partial charge is 0.399 e. The van der Waals surface area contributed by atoms with E-state index in [4.69, 9.17) is 5.73 Å². The Bertz CT molecular complexity index is 674. The highest BCUT2D eigenvalue weighted by Crippen LogP contribution is 2.30. The third kappa shape index (κ3) is 2.47. The Morgan fingerprint density at radius 3 is 2.37 bits per heavy atom. The maximum Gasteiger partial charge on any atom is 0.491 e. The third-order valence-electron chi connectivity index (χ3n) is 2.73. The van der Waals surface area contributed by atoms with Gasteiger partial charge >= 0.3 is 6.30 Å². The van der Waals surface area contributed by atoms with Gasteiger partial charge in [-0.1, -0.05) is 24.3 Å². The van der Waals surface area contributed by atoms with Gasteiger partial charge in [0.1, 0.15) is 0 Å². The van der Waals surface area contributed by atoms with Gasteiger partial charge in [-0.05, 0) is 18.6 Å². The molecule has 0 saturated heterocycles. The van der Waals surface area contributed by atoms with E-state index in [1.165, 1.54) is 6.07 Å². The van der Waals surface area contributed by atoms with Gasteiger partial charge in [0.2, 0.25) is 0 Å². The maximum atomic E-state index is 13.0. The number of benzene rings is 1. The molecule has 0 aliphatic heterocycles. The van der Waals surface area contributed by atoms with Crippen molar-refractivity contribution in [1.82, 2.24) is 4.57 Å². The van der Waals surface area contributed by atoms with Gasteiger partial charge in [-0.25, -0.2) is 4.57 Å². The van der Waals surface area contributed by atoms with Crippen LogP contribution in [0.25, 0.3) is 11.3 Å². The van der Waals surface area contributed by atoms with Crippen LogP contribution in [0.4, 0.5) is 18.9 Å². The summed E-state index contributed by atoms with van der Waals surface area (Å²) in [6.45, 7) is 1.67. The normalized spacial score (nSPS) is 11.6. The average molecular weight is 268 g/mol. The second kappa shape index (κ2) is 4.46. The predicted molar refractivity (Wildman–Crippen MR) is 66.6 cm³/mol. The number of nitrogens with two attached hydrogens (primary N) is 1. The van der Waals surface area contributed by atoms with Crippen molar-refractivity contribution in [3.8, 4) is 11.3 Å². The van der Waals surface area contributed by atoms with Crippen LogP contribution < -0.4 is 11.3 Å². The lowest BCUT2D eigenvalue weighted by Crippen LogP contribution is -2.32. The molecule has 0 fully saturated rings. The summed E-state index contributed by atoms with van der Waals surface area (Å²) < 4.78 is 38.7. The minimum absolute atomic E-state index is 0.00348. The second-order valence-electron chi connectivity index (χ2n) is 4.13. The molecule has 100 valence electrons. The Morgan fingerprint density at radius 2 is 1.79 bits per heavy atom. The summed E-state index contributed by atoms with van der Waals surface area (Å²) in [4.78, 5) is 11.6. The van der Waals surface area contributed by atoms with Gasteiger partial charge in [-0.15, -0.1) is 13.2 Å². The van der Waals surface area contributed by atoms with E-state index in [-0.39, 0.29) is 15.9 Å². The SMILES string of the molecule is Cc1ccccc1-c1cc(N)cc(=O)n1C(F)(F)F. The molecule has 1 aromatic heterocycles. The largest absolute Gasteiger partial charge is 0.491 e. The lowest BCUT2D eigenvalue weighted by molar-refractivity contribution is -0.204. The van der Waals surface area contributed by atoms with Crippen LogP contribution in [0.5, 0.6) is 0 Å². The first kappa shape index (κ1) is 13.2. The summed E-state index contributed by atoms with van der Waals surface area (Å²) in [5.41, 5.74) is 4.99. The molecule has 0 amide bonds. The molecule has 3 nitrogen and oxygen atoms in total. The Labute approximate surface area is 107 Å². The molecular weight excluding hydrogens is 257 g/mol. The molecule has 2 N–H and O–H groups in total. The minimum atomic E-state index is -4.79. The first-order valence-electron chi connectivity index (χ1n) is 5.46. The zero-order chi connectivity index (χ0) is 14.2. The third-order valence-corrected chi connectivity index (χ3v) is 2.73. The lowest BCUT2D eigenvalue weighted by Gasteiger charge is -2.17. The van der Waals surface area contributed by atoms with E-state index in [1.807, 2.05) is 0 Å². The Hall–Kier alpha value is -2.24. The quantitative estimate of drug-likeness (QED) is 0.864. The van der Waals surface area contributed by atoms with Crippen molar-refractivity contribution in [1.29, 1.82) is 0 Å². The van der Waals surface area contributed by atoms with E-state index >= 15 is 0 Å².